The third-order valence-electron chi connectivity index (χ3n) is 3.20. The van der Waals surface area contributed by atoms with Gasteiger partial charge < -0.3 is 0 Å². The zero-order valence-electron chi connectivity index (χ0n) is 10.8. The number of imidazole rings is 1. The van der Waals surface area contributed by atoms with Crippen molar-refractivity contribution in [1.29, 1.82) is 0 Å². The number of alkyl halides is 1. The number of halogens is 4. The molecule has 0 aliphatic carbocycles. The molecule has 0 radical (unpaired) electrons. The van der Waals surface area contributed by atoms with Crippen LogP contribution >= 0.6 is 34.8 Å². The van der Waals surface area contributed by atoms with Crippen molar-refractivity contribution in [2.75, 3.05) is 5.88 Å². The Morgan fingerprint density at radius 3 is 2.62 bits per heavy atom. The molecule has 0 spiro atoms. The second kappa shape index (κ2) is 5.84. The van der Waals surface area contributed by atoms with Gasteiger partial charge in [-0.15, -0.1) is 11.6 Å². The molecule has 3 aromatic rings. The van der Waals surface area contributed by atoms with Gasteiger partial charge in [-0.2, -0.15) is 0 Å². The van der Waals surface area contributed by atoms with Gasteiger partial charge in [0, 0.05) is 12.3 Å². The minimum atomic E-state index is -0.375. The Balaban J connectivity index is 2.37. The van der Waals surface area contributed by atoms with Crippen LogP contribution in [0.3, 0.4) is 0 Å². The van der Waals surface area contributed by atoms with Crippen LogP contribution in [0.5, 0.6) is 0 Å². The summed E-state index contributed by atoms with van der Waals surface area (Å²) in [6.45, 7) is 0. The molecule has 0 N–H and O–H groups in total. The molecule has 0 atom stereocenters. The Morgan fingerprint density at radius 1 is 1.10 bits per heavy atom. The topological polar surface area (TPSA) is 17.8 Å². The Hall–Kier alpha value is -1.29. The molecule has 6 heteroatoms. The maximum atomic E-state index is 13.9. The molecule has 0 unspecified atom stereocenters. The highest BCUT2D eigenvalue weighted by Gasteiger charge is 2.17. The molecular formula is C15H10Cl3FN2. The maximum absolute atomic E-state index is 13.9. The summed E-state index contributed by atoms with van der Waals surface area (Å²) in [7, 11) is 0. The zero-order valence-corrected chi connectivity index (χ0v) is 13.1. The highest BCUT2D eigenvalue weighted by Crippen LogP contribution is 2.32. The predicted molar refractivity (Wildman–Crippen MR) is 85.5 cm³/mol. The van der Waals surface area contributed by atoms with Crippen molar-refractivity contribution in [2.24, 2.45) is 0 Å². The van der Waals surface area contributed by atoms with Crippen LogP contribution in [0.1, 0.15) is 5.82 Å². The molecule has 0 fully saturated rings. The highest BCUT2D eigenvalue weighted by molar-refractivity contribution is 6.43. The second-order valence-electron chi connectivity index (χ2n) is 4.48. The Bertz CT molecular complexity index is 814. The van der Waals surface area contributed by atoms with Gasteiger partial charge in [-0.3, -0.25) is 4.57 Å². The molecule has 2 aromatic carbocycles. The lowest BCUT2D eigenvalue weighted by molar-refractivity contribution is 0.637. The third-order valence-corrected chi connectivity index (χ3v) is 4.19. The number of hydrogen-bond donors (Lipinski definition) is 0. The predicted octanol–water partition coefficient (Wildman–Crippen LogP) is 5.25. The summed E-state index contributed by atoms with van der Waals surface area (Å²) >= 11 is 18.2. The van der Waals surface area contributed by atoms with Crippen molar-refractivity contribution in [3.63, 3.8) is 0 Å². The van der Waals surface area contributed by atoms with Gasteiger partial charge in [0.05, 0.1) is 21.2 Å². The van der Waals surface area contributed by atoms with Gasteiger partial charge in [0.1, 0.15) is 11.3 Å². The van der Waals surface area contributed by atoms with Crippen LogP contribution in [0, 0.1) is 5.82 Å². The van der Waals surface area contributed by atoms with Crippen LogP contribution in [0.15, 0.2) is 36.4 Å². The highest BCUT2D eigenvalue weighted by atomic mass is 35.5. The van der Waals surface area contributed by atoms with Crippen LogP contribution in [0.4, 0.5) is 4.39 Å². The third kappa shape index (κ3) is 2.50. The summed E-state index contributed by atoms with van der Waals surface area (Å²) < 4.78 is 15.7. The molecule has 0 saturated heterocycles. The lowest BCUT2D eigenvalue weighted by Crippen LogP contribution is -2.03. The molecule has 2 nitrogen and oxygen atoms in total. The number of nitrogens with zero attached hydrogens (tertiary/aromatic N) is 2. The normalized spacial score (nSPS) is 11.2. The monoisotopic (exact) mass is 342 g/mol. The molecule has 0 aliphatic rings. The Labute approximate surface area is 136 Å². The van der Waals surface area contributed by atoms with Gasteiger partial charge >= 0.3 is 0 Å². The molecule has 0 saturated carbocycles. The van der Waals surface area contributed by atoms with Crippen LogP contribution in [-0.4, -0.2) is 15.4 Å². The molecule has 21 heavy (non-hydrogen) atoms. The quantitative estimate of drug-likeness (QED) is 0.594. The summed E-state index contributed by atoms with van der Waals surface area (Å²) in [5, 5.41) is 0.836. The van der Waals surface area contributed by atoms with E-state index in [4.69, 9.17) is 34.8 Å². The minimum absolute atomic E-state index is 0.300. The number of aromatic nitrogens is 2. The van der Waals surface area contributed by atoms with E-state index in [2.05, 4.69) is 4.98 Å². The lowest BCUT2D eigenvalue weighted by Gasteiger charge is -2.11. The van der Waals surface area contributed by atoms with E-state index in [0.717, 1.165) is 0 Å². The first-order chi connectivity index (χ1) is 10.1. The molecule has 3 rings (SSSR count). The number of benzene rings is 2. The van der Waals surface area contributed by atoms with Gasteiger partial charge in [-0.05, 0) is 24.3 Å². The van der Waals surface area contributed by atoms with Crippen molar-refractivity contribution in [1.82, 2.24) is 9.55 Å². The van der Waals surface area contributed by atoms with Gasteiger partial charge in [0.2, 0.25) is 0 Å². The summed E-state index contributed by atoms with van der Waals surface area (Å²) in [5.74, 6) is 0.651. The van der Waals surface area contributed by atoms with E-state index in [0.29, 0.717) is 44.9 Å². The first-order valence-electron chi connectivity index (χ1n) is 6.29. The first-order valence-corrected chi connectivity index (χ1v) is 7.58. The number of hydrogen-bond acceptors (Lipinski definition) is 1. The number of rotatable bonds is 3. The molecule has 108 valence electrons. The Kier molecular flexibility index (Phi) is 4.07. The van der Waals surface area contributed by atoms with E-state index in [9.17, 15) is 4.39 Å². The number of para-hydroxylation sites is 1. The lowest BCUT2D eigenvalue weighted by atomic mass is 10.2. The maximum Gasteiger partial charge on any atom is 0.151 e. The average molecular weight is 344 g/mol. The molecule has 0 aliphatic heterocycles. The van der Waals surface area contributed by atoms with Crippen molar-refractivity contribution in [3.8, 4) is 5.69 Å². The van der Waals surface area contributed by atoms with Crippen molar-refractivity contribution in [2.45, 2.75) is 6.42 Å². The molecular weight excluding hydrogens is 334 g/mol. The summed E-state index contributed by atoms with van der Waals surface area (Å²) in [4.78, 5) is 4.35. The van der Waals surface area contributed by atoms with E-state index in [1.165, 1.54) is 6.07 Å². The fourth-order valence-electron chi connectivity index (χ4n) is 2.30. The zero-order chi connectivity index (χ0) is 15.0. The molecule has 1 aromatic heterocycles. The van der Waals surface area contributed by atoms with Crippen molar-refractivity contribution >= 4 is 45.8 Å². The van der Waals surface area contributed by atoms with Crippen LogP contribution < -0.4 is 0 Å². The molecule has 1 heterocycles. The minimum Gasteiger partial charge on any atom is -0.295 e. The fourth-order valence-corrected chi connectivity index (χ4v) is 2.85. The van der Waals surface area contributed by atoms with Crippen LogP contribution in [0.25, 0.3) is 16.7 Å². The SMILES string of the molecule is Fc1cccc2c1nc(CCCl)n2-c1cccc(Cl)c1Cl. The van der Waals surface area contributed by atoms with E-state index in [-0.39, 0.29) is 5.82 Å². The Morgan fingerprint density at radius 2 is 1.86 bits per heavy atom. The van der Waals surface area contributed by atoms with E-state index < -0.39 is 0 Å². The van der Waals surface area contributed by atoms with Crippen molar-refractivity contribution in [3.05, 3.63) is 58.1 Å². The summed E-state index contributed by atoms with van der Waals surface area (Å²) in [5.41, 5.74) is 1.60. The van der Waals surface area contributed by atoms with E-state index in [1.807, 2.05) is 6.07 Å². The van der Waals surface area contributed by atoms with Gasteiger partial charge in [0.25, 0.3) is 0 Å². The summed E-state index contributed by atoms with van der Waals surface area (Å²) in [6, 6.07) is 10.1. The van der Waals surface area contributed by atoms with E-state index in [1.54, 1.807) is 28.8 Å². The second-order valence-corrected chi connectivity index (χ2v) is 5.65. The fraction of sp³-hybridized carbons (Fsp3) is 0.133. The molecule has 0 bridgehead atoms. The van der Waals surface area contributed by atoms with Crippen LogP contribution in [0.2, 0.25) is 10.0 Å². The van der Waals surface area contributed by atoms with E-state index >= 15 is 0 Å². The molecule has 0 amide bonds. The van der Waals surface area contributed by atoms with Gasteiger partial charge in [-0.1, -0.05) is 35.3 Å². The van der Waals surface area contributed by atoms with Gasteiger partial charge in [0.15, 0.2) is 5.82 Å². The average Bonchev–Trinajstić information content (AvgIpc) is 2.82. The van der Waals surface area contributed by atoms with Crippen LogP contribution in [-0.2, 0) is 6.42 Å². The van der Waals surface area contributed by atoms with Gasteiger partial charge in [-0.25, -0.2) is 9.37 Å². The largest absolute Gasteiger partial charge is 0.295 e. The van der Waals surface area contributed by atoms with Crippen molar-refractivity contribution < 1.29 is 4.39 Å². The standard InChI is InChI=1S/C15H10Cl3FN2/c16-8-7-13-20-15-10(19)4-2-6-12(15)21(13)11-5-1-3-9(17)14(11)18/h1-6H,7-8H2. The first kappa shape index (κ1) is 14.6. The summed E-state index contributed by atoms with van der Waals surface area (Å²) in [6.07, 6.45) is 0.499. The smallest absolute Gasteiger partial charge is 0.151 e. The number of aryl methyl sites for hydroxylation is 1. The number of fused-ring (bicyclic) bond motifs is 1.